The summed E-state index contributed by atoms with van der Waals surface area (Å²) in [5.41, 5.74) is 6.67. The van der Waals surface area contributed by atoms with Gasteiger partial charge in [0.05, 0.1) is 5.92 Å². The van der Waals surface area contributed by atoms with Gasteiger partial charge < -0.3 is 15.9 Å². The molecule has 6 heteroatoms. The van der Waals surface area contributed by atoms with Crippen LogP contribution in [0, 0.1) is 24.6 Å². The number of benzene rings is 2. The number of rotatable bonds is 7. The summed E-state index contributed by atoms with van der Waals surface area (Å²) >= 11 is 0. The fraction of sp³-hybridized carbons (Fsp3) is 0.333. The zero-order chi connectivity index (χ0) is 19.8. The van der Waals surface area contributed by atoms with Crippen molar-refractivity contribution >= 4 is 11.9 Å². The molecule has 1 aliphatic carbocycles. The third kappa shape index (κ3) is 3.71. The quantitative estimate of drug-likeness (QED) is 0.694. The van der Waals surface area contributed by atoms with Crippen molar-refractivity contribution in [3.05, 3.63) is 71.0 Å². The van der Waals surface area contributed by atoms with Gasteiger partial charge in [-0.05, 0) is 42.5 Å². The Morgan fingerprint density at radius 2 is 1.85 bits per heavy atom. The van der Waals surface area contributed by atoms with Crippen molar-refractivity contribution in [2.75, 3.05) is 0 Å². The second-order valence-corrected chi connectivity index (χ2v) is 7.31. The first-order valence-electron chi connectivity index (χ1n) is 8.80. The number of aliphatic carboxylic acids is 2. The Morgan fingerprint density at radius 1 is 1.19 bits per heavy atom. The minimum absolute atomic E-state index is 0.0336. The third-order valence-electron chi connectivity index (χ3n) is 5.50. The highest BCUT2D eigenvalue weighted by Crippen LogP contribution is 2.49. The molecule has 27 heavy (non-hydrogen) atoms. The second kappa shape index (κ2) is 7.12. The summed E-state index contributed by atoms with van der Waals surface area (Å²) in [7, 11) is 0. The van der Waals surface area contributed by atoms with Crippen LogP contribution < -0.4 is 5.73 Å². The van der Waals surface area contributed by atoms with E-state index in [2.05, 4.69) is 0 Å². The lowest BCUT2D eigenvalue weighted by molar-refractivity contribution is -0.145. The van der Waals surface area contributed by atoms with Crippen molar-refractivity contribution in [2.24, 2.45) is 17.6 Å². The molecule has 0 amide bonds. The molecular weight excluding hydrogens is 349 g/mol. The Labute approximate surface area is 156 Å². The highest BCUT2D eigenvalue weighted by atomic mass is 19.1. The van der Waals surface area contributed by atoms with Crippen LogP contribution in [0.4, 0.5) is 4.39 Å². The van der Waals surface area contributed by atoms with Crippen LogP contribution in [0.2, 0.25) is 0 Å². The van der Waals surface area contributed by atoms with Gasteiger partial charge in [0, 0.05) is 11.8 Å². The van der Waals surface area contributed by atoms with E-state index < -0.39 is 29.3 Å². The lowest BCUT2D eigenvalue weighted by Crippen LogP contribution is -2.52. The highest BCUT2D eigenvalue weighted by molar-refractivity contribution is 5.83. The molecule has 4 N–H and O–H groups in total. The Morgan fingerprint density at radius 3 is 2.37 bits per heavy atom. The van der Waals surface area contributed by atoms with Crippen molar-refractivity contribution in [3.8, 4) is 0 Å². The molecule has 2 unspecified atom stereocenters. The fourth-order valence-corrected chi connectivity index (χ4v) is 3.77. The molecule has 1 fully saturated rings. The third-order valence-corrected chi connectivity index (χ3v) is 5.50. The van der Waals surface area contributed by atoms with E-state index in [0.717, 1.165) is 11.1 Å². The molecule has 0 saturated heterocycles. The molecule has 1 aliphatic rings. The number of nitrogens with two attached hydrogens (primary N) is 1. The van der Waals surface area contributed by atoms with Crippen LogP contribution in [0.3, 0.4) is 0 Å². The van der Waals surface area contributed by atoms with Crippen molar-refractivity contribution < 1.29 is 24.2 Å². The van der Waals surface area contributed by atoms with Crippen LogP contribution in [-0.4, -0.2) is 27.7 Å². The molecule has 5 nitrogen and oxygen atoms in total. The van der Waals surface area contributed by atoms with Crippen LogP contribution in [-0.2, 0) is 9.59 Å². The minimum atomic E-state index is -1.67. The van der Waals surface area contributed by atoms with Crippen molar-refractivity contribution in [1.82, 2.24) is 0 Å². The van der Waals surface area contributed by atoms with E-state index in [1.165, 1.54) is 6.07 Å². The lowest BCUT2D eigenvalue weighted by atomic mass is 9.77. The maximum Gasteiger partial charge on any atom is 0.324 e. The minimum Gasteiger partial charge on any atom is -0.481 e. The number of hydrogen-bond acceptors (Lipinski definition) is 3. The molecule has 0 aliphatic heterocycles. The molecule has 2 aromatic carbocycles. The summed E-state index contributed by atoms with van der Waals surface area (Å²) in [6.07, 6.45) is 0.286. The average molecular weight is 371 g/mol. The van der Waals surface area contributed by atoms with Gasteiger partial charge in [0.2, 0.25) is 0 Å². The molecule has 0 heterocycles. The number of aryl methyl sites for hydroxylation is 1. The van der Waals surface area contributed by atoms with Crippen molar-refractivity contribution in [3.63, 3.8) is 0 Å². The Hall–Kier alpha value is -2.73. The van der Waals surface area contributed by atoms with Crippen LogP contribution >= 0.6 is 0 Å². The average Bonchev–Trinajstić information content (AvgIpc) is 3.44. The maximum atomic E-state index is 13.7. The Kier molecular flexibility index (Phi) is 5.02. The normalized spacial score (nSPS) is 21.9. The number of carbonyl (C=O) groups is 2. The maximum absolute atomic E-state index is 13.7. The monoisotopic (exact) mass is 371 g/mol. The van der Waals surface area contributed by atoms with Crippen LogP contribution in [0.5, 0.6) is 0 Å². The van der Waals surface area contributed by atoms with E-state index >= 15 is 0 Å². The first kappa shape index (κ1) is 19.0. The molecule has 2 aromatic rings. The van der Waals surface area contributed by atoms with Gasteiger partial charge in [-0.25, -0.2) is 4.39 Å². The topological polar surface area (TPSA) is 101 Å². The van der Waals surface area contributed by atoms with Gasteiger partial charge in [0.25, 0.3) is 0 Å². The van der Waals surface area contributed by atoms with Crippen LogP contribution in [0.15, 0.2) is 48.5 Å². The standard InChI is InChI=1S/C21H22FNO4/c1-12-9-14(7-8-18(12)22)16(13-5-3-2-4-6-13)11-21(23,20(26)27)17-10-15(17)19(24)25/h2-9,15-17H,10-11,23H2,1H3,(H,24,25)(H,26,27)/t15-,16?,17?,21-/m0/s1. The predicted molar refractivity (Wildman–Crippen MR) is 97.8 cm³/mol. The summed E-state index contributed by atoms with van der Waals surface area (Å²) in [5.74, 6) is -4.32. The van der Waals surface area contributed by atoms with E-state index in [4.69, 9.17) is 5.73 Å². The zero-order valence-electron chi connectivity index (χ0n) is 14.9. The Bertz CT molecular complexity index is 870. The highest BCUT2D eigenvalue weighted by Gasteiger charge is 2.59. The van der Waals surface area contributed by atoms with Crippen molar-refractivity contribution in [1.29, 1.82) is 0 Å². The largest absolute Gasteiger partial charge is 0.481 e. The molecule has 0 radical (unpaired) electrons. The molecule has 1 saturated carbocycles. The molecule has 0 spiro atoms. The Balaban J connectivity index is 2.01. The van der Waals surface area contributed by atoms with Gasteiger partial charge >= 0.3 is 11.9 Å². The smallest absolute Gasteiger partial charge is 0.324 e. The first-order chi connectivity index (χ1) is 12.7. The van der Waals surface area contributed by atoms with Gasteiger partial charge in [-0.2, -0.15) is 0 Å². The number of carboxylic acids is 2. The molecule has 4 atom stereocenters. The van der Waals surface area contributed by atoms with E-state index in [-0.39, 0.29) is 24.6 Å². The molecule has 0 bridgehead atoms. The van der Waals surface area contributed by atoms with E-state index in [0.29, 0.717) is 5.56 Å². The number of carboxylic acid groups (broad SMARTS) is 2. The molecule has 3 rings (SSSR count). The first-order valence-corrected chi connectivity index (χ1v) is 8.80. The van der Waals surface area contributed by atoms with E-state index in [1.807, 2.05) is 30.3 Å². The zero-order valence-corrected chi connectivity index (χ0v) is 14.9. The van der Waals surface area contributed by atoms with Crippen molar-refractivity contribution in [2.45, 2.75) is 31.2 Å². The fourth-order valence-electron chi connectivity index (χ4n) is 3.77. The SMILES string of the molecule is Cc1cc(C(C[C@@](N)(C(=O)O)C2C[C@@H]2C(=O)O)c2ccccc2)ccc1F. The van der Waals surface area contributed by atoms with Gasteiger partial charge in [-0.15, -0.1) is 0 Å². The molecule has 142 valence electrons. The van der Waals surface area contributed by atoms with E-state index in [9.17, 15) is 24.2 Å². The predicted octanol–water partition coefficient (Wildman–Crippen LogP) is 3.16. The van der Waals surface area contributed by atoms with Crippen LogP contribution in [0.1, 0.15) is 35.4 Å². The second-order valence-electron chi connectivity index (χ2n) is 7.31. The van der Waals surface area contributed by atoms with E-state index in [1.54, 1.807) is 19.1 Å². The summed E-state index contributed by atoms with van der Waals surface area (Å²) in [6.45, 7) is 1.65. The summed E-state index contributed by atoms with van der Waals surface area (Å²) in [6, 6.07) is 14.0. The van der Waals surface area contributed by atoms with Gasteiger partial charge in [0.1, 0.15) is 11.4 Å². The summed E-state index contributed by atoms with van der Waals surface area (Å²) < 4.78 is 13.7. The lowest BCUT2D eigenvalue weighted by Gasteiger charge is -2.30. The number of halogens is 1. The molecular formula is C21H22FNO4. The molecule has 0 aromatic heterocycles. The van der Waals surface area contributed by atoms with Gasteiger partial charge in [-0.3, -0.25) is 9.59 Å². The van der Waals surface area contributed by atoms with Gasteiger partial charge in [0.15, 0.2) is 0 Å². The summed E-state index contributed by atoms with van der Waals surface area (Å²) in [5, 5.41) is 19.0. The van der Waals surface area contributed by atoms with Gasteiger partial charge in [-0.1, -0.05) is 42.5 Å². The number of hydrogen-bond donors (Lipinski definition) is 3. The van der Waals surface area contributed by atoms with Crippen LogP contribution in [0.25, 0.3) is 0 Å². The summed E-state index contributed by atoms with van der Waals surface area (Å²) in [4.78, 5) is 23.3.